The minimum absolute atomic E-state index is 0.172. The Labute approximate surface area is 165 Å². The highest BCUT2D eigenvalue weighted by Gasteiger charge is 2.25. The smallest absolute Gasteiger partial charge is 0.311 e. The average molecular weight is 382 g/mol. The van der Waals surface area contributed by atoms with Crippen LogP contribution in [-0.4, -0.2) is 33.9 Å². The fraction of sp³-hybridized carbons (Fsp3) is 0.348. The maximum absolute atomic E-state index is 11.8. The molecule has 0 fully saturated rings. The van der Waals surface area contributed by atoms with Crippen molar-refractivity contribution in [2.75, 3.05) is 27.9 Å². The highest BCUT2D eigenvalue weighted by molar-refractivity contribution is 5.84. The highest BCUT2D eigenvalue weighted by Crippen LogP contribution is 2.47. The molecular weight excluding hydrogens is 356 g/mol. The summed E-state index contributed by atoms with van der Waals surface area (Å²) in [6.45, 7) is 6.11. The summed E-state index contributed by atoms with van der Waals surface area (Å²) in [5.74, 6) is 0.911. The number of hydrogen-bond donors (Lipinski definition) is 0. The Bertz CT molecular complexity index is 900. The lowest BCUT2D eigenvalue weighted by molar-refractivity contribution is -0.145. The Morgan fingerprint density at radius 3 is 2.43 bits per heavy atom. The Balaban J connectivity index is 2.09. The molecule has 0 aliphatic heterocycles. The van der Waals surface area contributed by atoms with Crippen LogP contribution in [0.5, 0.6) is 17.2 Å². The van der Waals surface area contributed by atoms with Gasteiger partial charge in [-0.1, -0.05) is 24.8 Å². The van der Waals surface area contributed by atoms with Crippen molar-refractivity contribution < 1.29 is 23.7 Å². The van der Waals surface area contributed by atoms with Gasteiger partial charge in [0.1, 0.15) is 6.61 Å². The lowest BCUT2D eigenvalue weighted by Gasteiger charge is -2.20. The summed E-state index contributed by atoms with van der Waals surface area (Å²) in [5.41, 5.74) is 5.59. The number of carbonyl (C=O) groups is 1. The number of carbonyl (C=O) groups excluding carboxylic acids is 1. The summed E-state index contributed by atoms with van der Waals surface area (Å²) in [5, 5.41) is 0. The third-order valence-corrected chi connectivity index (χ3v) is 5.11. The predicted molar refractivity (Wildman–Crippen MR) is 109 cm³/mol. The lowest BCUT2D eigenvalue weighted by atomic mass is 9.95. The van der Waals surface area contributed by atoms with Gasteiger partial charge >= 0.3 is 5.97 Å². The van der Waals surface area contributed by atoms with Crippen molar-refractivity contribution in [1.82, 2.24) is 0 Å². The van der Waals surface area contributed by atoms with Crippen molar-refractivity contribution in [2.24, 2.45) is 5.92 Å². The van der Waals surface area contributed by atoms with Gasteiger partial charge in [0.15, 0.2) is 11.5 Å². The largest absolute Gasteiger partial charge is 0.493 e. The fourth-order valence-corrected chi connectivity index (χ4v) is 3.58. The van der Waals surface area contributed by atoms with E-state index in [-0.39, 0.29) is 12.6 Å². The topological polar surface area (TPSA) is 54.0 Å². The van der Waals surface area contributed by atoms with E-state index in [1.165, 1.54) is 18.2 Å². The third-order valence-electron chi connectivity index (χ3n) is 5.11. The number of benzene rings is 2. The van der Waals surface area contributed by atoms with E-state index in [2.05, 4.69) is 18.7 Å². The number of esters is 1. The third kappa shape index (κ3) is 3.57. The zero-order valence-electron chi connectivity index (χ0n) is 16.8. The molecule has 1 atom stereocenters. The van der Waals surface area contributed by atoms with E-state index < -0.39 is 5.92 Å². The number of methoxy groups -OCH3 is 3. The summed E-state index contributed by atoms with van der Waals surface area (Å²) < 4.78 is 22.0. The first kappa shape index (κ1) is 19.8. The van der Waals surface area contributed by atoms with Crippen LogP contribution in [0.3, 0.4) is 0 Å². The molecular formula is C23H26O5. The summed E-state index contributed by atoms with van der Waals surface area (Å²) in [7, 11) is 4.54. The summed E-state index contributed by atoms with van der Waals surface area (Å²) in [6, 6.07) is 10.1. The lowest BCUT2D eigenvalue weighted by Crippen LogP contribution is -2.20. The molecule has 28 heavy (non-hydrogen) atoms. The van der Waals surface area contributed by atoms with Gasteiger partial charge in [0.25, 0.3) is 0 Å². The Morgan fingerprint density at radius 2 is 1.75 bits per heavy atom. The molecule has 0 saturated heterocycles. The van der Waals surface area contributed by atoms with Crippen LogP contribution in [0.25, 0.3) is 16.7 Å². The van der Waals surface area contributed by atoms with Gasteiger partial charge in [0, 0.05) is 5.56 Å². The van der Waals surface area contributed by atoms with E-state index in [0.717, 1.165) is 29.5 Å². The standard InChI is InChI=1S/C23H26O5/c1-14-9-10-18-16(14)7-6-8-17(18)19-11-12-20(25-3)22(26-4)21(19)28-13-15(2)23(24)27-5/h6-8,11-12,15H,1,9-10,13H2,2-5H3. The monoisotopic (exact) mass is 382 g/mol. The molecule has 5 nitrogen and oxygen atoms in total. The van der Waals surface area contributed by atoms with Gasteiger partial charge in [0.2, 0.25) is 5.75 Å². The Morgan fingerprint density at radius 1 is 1.00 bits per heavy atom. The molecule has 0 N–H and O–H groups in total. The zero-order valence-corrected chi connectivity index (χ0v) is 16.8. The van der Waals surface area contributed by atoms with E-state index in [0.29, 0.717) is 17.2 Å². The molecule has 0 bridgehead atoms. The molecule has 0 saturated carbocycles. The zero-order chi connectivity index (χ0) is 20.3. The minimum atomic E-state index is -0.407. The first-order valence-corrected chi connectivity index (χ1v) is 9.27. The Kier molecular flexibility index (Phi) is 5.93. The SMILES string of the molecule is C=C1CCc2c1cccc2-c1ccc(OC)c(OC)c1OCC(C)C(=O)OC. The molecule has 0 heterocycles. The van der Waals surface area contributed by atoms with E-state index in [1.807, 2.05) is 18.2 Å². The molecule has 0 spiro atoms. The van der Waals surface area contributed by atoms with Crippen LogP contribution >= 0.6 is 0 Å². The maximum atomic E-state index is 11.8. The van der Waals surface area contributed by atoms with E-state index in [4.69, 9.17) is 18.9 Å². The number of rotatable bonds is 7. The van der Waals surface area contributed by atoms with Crippen LogP contribution in [-0.2, 0) is 16.0 Å². The van der Waals surface area contributed by atoms with Crippen LogP contribution in [0.2, 0.25) is 0 Å². The predicted octanol–water partition coefficient (Wildman–Crippen LogP) is 4.52. The average Bonchev–Trinajstić information content (AvgIpc) is 3.11. The molecule has 0 radical (unpaired) electrons. The van der Waals surface area contributed by atoms with E-state index in [9.17, 15) is 4.79 Å². The van der Waals surface area contributed by atoms with Crippen LogP contribution in [0.4, 0.5) is 0 Å². The van der Waals surface area contributed by atoms with Crippen molar-refractivity contribution in [2.45, 2.75) is 19.8 Å². The molecule has 2 aromatic carbocycles. The van der Waals surface area contributed by atoms with Crippen LogP contribution in [0.1, 0.15) is 24.5 Å². The quantitative estimate of drug-likeness (QED) is 0.659. The number of hydrogen-bond acceptors (Lipinski definition) is 5. The van der Waals surface area contributed by atoms with Gasteiger partial charge in [0.05, 0.1) is 27.2 Å². The molecule has 5 heteroatoms. The molecule has 1 aliphatic rings. The normalized spacial score (nSPS) is 13.6. The summed E-state index contributed by atoms with van der Waals surface area (Å²) in [6.07, 6.45) is 1.89. The van der Waals surface area contributed by atoms with E-state index >= 15 is 0 Å². The molecule has 0 aromatic heterocycles. The van der Waals surface area contributed by atoms with Crippen molar-refractivity contribution in [3.63, 3.8) is 0 Å². The second-order valence-corrected chi connectivity index (χ2v) is 6.85. The van der Waals surface area contributed by atoms with Crippen LogP contribution in [0, 0.1) is 5.92 Å². The van der Waals surface area contributed by atoms with Gasteiger partial charge in [-0.2, -0.15) is 0 Å². The summed E-state index contributed by atoms with van der Waals surface area (Å²) >= 11 is 0. The van der Waals surface area contributed by atoms with Gasteiger partial charge in [-0.05, 0) is 54.2 Å². The maximum Gasteiger partial charge on any atom is 0.311 e. The van der Waals surface area contributed by atoms with Crippen molar-refractivity contribution in [3.05, 3.63) is 48.0 Å². The molecule has 1 aliphatic carbocycles. The minimum Gasteiger partial charge on any atom is -0.493 e. The second-order valence-electron chi connectivity index (χ2n) is 6.85. The first-order chi connectivity index (χ1) is 13.5. The molecule has 148 valence electrons. The number of fused-ring (bicyclic) bond motifs is 1. The molecule has 3 rings (SSSR count). The summed E-state index contributed by atoms with van der Waals surface area (Å²) in [4.78, 5) is 11.8. The van der Waals surface area contributed by atoms with Gasteiger partial charge in [-0.25, -0.2) is 0 Å². The molecule has 0 amide bonds. The fourth-order valence-electron chi connectivity index (χ4n) is 3.58. The molecule has 2 aromatic rings. The van der Waals surface area contributed by atoms with Gasteiger partial charge in [-0.3, -0.25) is 4.79 Å². The number of allylic oxidation sites excluding steroid dienone is 1. The second kappa shape index (κ2) is 8.38. The van der Waals surface area contributed by atoms with Crippen LogP contribution < -0.4 is 14.2 Å². The van der Waals surface area contributed by atoms with Crippen LogP contribution in [0.15, 0.2) is 36.9 Å². The Hall–Kier alpha value is -2.95. The number of ether oxygens (including phenoxy) is 4. The molecule has 1 unspecified atom stereocenters. The van der Waals surface area contributed by atoms with E-state index in [1.54, 1.807) is 21.1 Å². The first-order valence-electron chi connectivity index (χ1n) is 9.27. The van der Waals surface area contributed by atoms with Crippen molar-refractivity contribution in [1.29, 1.82) is 0 Å². The van der Waals surface area contributed by atoms with Crippen molar-refractivity contribution >= 4 is 11.5 Å². The van der Waals surface area contributed by atoms with Gasteiger partial charge in [-0.15, -0.1) is 0 Å². The van der Waals surface area contributed by atoms with Gasteiger partial charge < -0.3 is 18.9 Å². The highest BCUT2D eigenvalue weighted by atomic mass is 16.5. The van der Waals surface area contributed by atoms with Crippen molar-refractivity contribution in [3.8, 4) is 28.4 Å².